The largest absolute Gasteiger partial charge is 0.418 e. The lowest BCUT2D eigenvalue weighted by atomic mass is 9.89. The number of halogens is 6. The van der Waals surface area contributed by atoms with Crippen LogP contribution in [0.25, 0.3) is 5.69 Å². The van der Waals surface area contributed by atoms with Crippen molar-refractivity contribution in [1.29, 1.82) is 0 Å². The van der Waals surface area contributed by atoms with Gasteiger partial charge in [0.25, 0.3) is 5.92 Å². The van der Waals surface area contributed by atoms with Crippen LogP contribution in [0.3, 0.4) is 0 Å². The molecule has 24 heavy (non-hydrogen) atoms. The van der Waals surface area contributed by atoms with Crippen molar-refractivity contribution in [3.05, 3.63) is 52.6 Å². The normalized spacial score (nSPS) is 20.1. The summed E-state index contributed by atoms with van der Waals surface area (Å²) in [4.78, 5) is 0. The minimum atomic E-state index is -4.91. The van der Waals surface area contributed by atoms with E-state index in [1.54, 1.807) is 6.92 Å². The molecule has 0 amide bonds. The van der Waals surface area contributed by atoms with Gasteiger partial charge in [0.05, 0.1) is 5.56 Å². The Labute approximate surface area is 133 Å². The molecule has 1 aliphatic rings. The van der Waals surface area contributed by atoms with Crippen molar-refractivity contribution in [2.45, 2.75) is 38.0 Å². The van der Waals surface area contributed by atoms with Crippen LogP contribution in [0, 0.1) is 12.7 Å². The zero-order chi connectivity index (χ0) is 17.9. The fourth-order valence-corrected chi connectivity index (χ4v) is 3.07. The number of aliphatic hydroxyl groups excluding tert-OH is 1. The molecule has 0 radical (unpaired) electrons. The lowest BCUT2D eigenvalue weighted by molar-refractivity contribution is -0.147. The van der Waals surface area contributed by atoms with E-state index in [1.165, 1.54) is 12.1 Å². The third kappa shape index (κ3) is 2.68. The Morgan fingerprint density at radius 3 is 2.46 bits per heavy atom. The quantitative estimate of drug-likeness (QED) is 0.751. The number of aromatic nitrogens is 1. The average Bonchev–Trinajstić information content (AvgIpc) is 2.82. The highest BCUT2D eigenvalue weighted by atomic mass is 19.4. The van der Waals surface area contributed by atoms with Crippen molar-refractivity contribution >= 4 is 0 Å². The van der Waals surface area contributed by atoms with Gasteiger partial charge in [-0.05, 0) is 37.1 Å². The highest BCUT2D eigenvalue weighted by Gasteiger charge is 2.50. The van der Waals surface area contributed by atoms with Crippen molar-refractivity contribution in [1.82, 2.24) is 4.57 Å². The van der Waals surface area contributed by atoms with Gasteiger partial charge in [0, 0.05) is 29.6 Å². The fourth-order valence-electron chi connectivity index (χ4n) is 3.07. The number of hydrogen-bond donors (Lipinski definition) is 1. The first-order chi connectivity index (χ1) is 11.0. The van der Waals surface area contributed by atoms with E-state index in [0.717, 1.165) is 10.6 Å². The Kier molecular flexibility index (Phi) is 3.71. The van der Waals surface area contributed by atoms with Gasteiger partial charge in [0.15, 0.2) is 0 Å². The Morgan fingerprint density at radius 1 is 1.21 bits per heavy atom. The summed E-state index contributed by atoms with van der Waals surface area (Å²) in [5.74, 6) is -4.29. The number of rotatable bonds is 1. The molecular formula is C16H13F6NO. The van der Waals surface area contributed by atoms with Crippen LogP contribution in [0.2, 0.25) is 0 Å². The van der Waals surface area contributed by atoms with Crippen LogP contribution in [0.5, 0.6) is 0 Å². The molecule has 1 N–H and O–H groups in total. The molecule has 1 aromatic carbocycles. The number of alkyl halides is 5. The summed E-state index contributed by atoms with van der Waals surface area (Å²) in [5.41, 5.74) is -1.67. The van der Waals surface area contributed by atoms with Crippen molar-refractivity contribution < 1.29 is 31.4 Å². The van der Waals surface area contributed by atoms with Gasteiger partial charge in [-0.25, -0.2) is 13.2 Å². The van der Waals surface area contributed by atoms with Crippen LogP contribution in [0.4, 0.5) is 26.3 Å². The predicted octanol–water partition coefficient (Wildman–Crippen LogP) is 4.56. The van der Waals surface area contributed by atoms with Gasteiger partial charge in [-0.15, -0.1) is 0 Å². The number of aryl methyl sites for hydroxylation is 1. The standard InChI is InChI=1S/C16H13F6NO/c1-8-4-9(17)6-10(5-8)23-7-11(16(20,21)22)13-12(23)2-3-15(18,19)14(13)24/h4-7,14,24H,2-3H2,1H3. The van der Waals surface area contributed by atoms with E-state index >= 15 is 0 Å². The first-order valence-corrected chi connectivity index (χ1v) is 7.15. The van der Waals surface area contributed by atoms with E-state index in [0.29, 0.717) is 11.8 Å². The van der Waals surface area contributed by atoms with Crippen molar-refractivity contribution in [2.75, 3.05) is 0 Å². The molecule has 1 atom stereocenters. The molecule has 1 unspecified atom stereocenters. The number of nitrogens with zero attached hydrogens (tertiary/aromatic N) is 1. The Balaban J connectivity index is 2.27. The van der Waals surface area contributed by atoms with Crippen molar-refractivity contribution in [2.24, 2.45) is 0 Å². The molecule has 3 rings (SSSR count). The number of hydrogen-bond acceptors (Lipinski definition) is 1. The summed E-state index contributed by atoms with van der Waals surface area (Å²) in [6.45, 7) is 1.57. The monoisotopic (exact) mass is 349 g/mol. The SMILES string of the molecule is Cc1cc(F)cc(-n2cc(C(F)(F)F)c3c2CCC(F)(F)C3O)c1. The molecule has 2 nitrogen and oxygen atoms in total. The maximum Gasteiger partial charge on any atom is 0.418 e. The second kappa shape index (κ2) is 5.27. The molecule has 1 aliphatic carbocycles. The van der Waals surface area contributed by atoms with E-state index in [9.17, 15) is 31.4 Å². The summed E-state index contributed by atoms with van der Waals surface area (Å²) in [6.07, 6.45) is -7.95. The molecule has 0 saturated carbocycles. The number of fused-ring (bicyclic) bond motifs is 1. The van der Waals surface area contributed by atoms with Gasteiger partial charge in [0.2, 0.25) is 0 Å². The van der Waals surface area contributed by atoms with Crippen LogP contribution in [0.1, 0.15) is 34.9 Å². The van der Waals surface area contributed by atoms with E-state index in [1.807, 2.05) is 0 Å². The molecule has 1 aromatic heterocycles. The predicted molar refractivity (Wildman–Crippen MR) is 73.7 cm³/mol. The lowest BCUT2D eigenvalue weighted by Crippen LogP contribution is -2.33. The van der Waals surface area contributed by atoms with Crippen LogP contribution in [-0.2, 0) is 12.6 Å². The Morgan fingerprint density at radius 2 is 1.88 bits per heavy atom. The fraction of sp³-hybridized carbons (Fsp3) is 0.375. The van der Waals surface area contributed by atoms with Gasteiger partial charge in [-0.2, -0.15) is 13.2 Å². The summed E-state index contributed by atoms with van der Waals surface area (Å²) in [6, 6.07) is 3.67. The molecule has 130 valence electrons. The minimum absolute atomic E-state index is 0.0780. The zero-order valence-corrected chi connectivity index (χ0v) is 12.5. The second-order valence-corrected chi connectivity index (χ2v) is 5.92. The van der Waals surface area contributed by atoms with Gasteiger partial charge in [-0.1, -0.05) is 0 Å². The molecule has 0 saturated heterocycles. The van der Waals surface area contributed by atoms with Crippen LogP contribution >= 0.6 is 0 Å². The molecule has 1 heterocycles. The first kappa shape index (κ1) is 16.9. The molecular weight excluding hydrogens is 336 g/mol. The number of benzene rings is 1. The van der Waals surface area contributed by atoms with Crippen LogP contribution in [0.15, 0.2) is 24.4 Å². The van der Waals surface area contributed by atoms with Gasteiger partial charge < -0.3 is 9.67 Å². The Hall–Kier alpha value is -1.96. The van der Waals surface area contributed by atoms with E-state index < -0.39 is 41.6 Å². The number of aliphatic hydroxyl groups is 1. The van der Waals surface area contributed by atoms with E-state index in [4.69, 9.17) is 0 Å². The highest BCUT2D eigenvalue weighted by Crippen LogP contribution is 2.48. The summed E-state index contributed by atoms with van der Waals surface area (Å²) in [5, 5.41) is 9.77. The average molecular weight is 349 g/mol. The van der Waals surface area contributed by atoms with Gasteiger partial charge >= 0.3 is 6.18 Å². The van der Waals surface area contributed by atoms with Gasteiger partial charge in [-0.3, -0.25) is 0 Å². The second-order valence-electron chi connectivity index (χ2n) is 5.92. The van der Waals surface area contributed by atoms with Gasteiger partial charge in [0.1, 0.15) is 11.9 Å². The Bertz CT molecular complexity index is 772. The molecule has 8 heteroatoms. The van der Waals surface area contributed by atoms with E-state index in [-0.39, 0.29) is 17.8 Å². The van der Waals surface area contributed by atoms with Crippen LogP contribution in [-0.4, -0.2) is 15.6 Å². The summed E-state index contributed by atoms with van der Waals surface area (Å²) in [7, 11) is 0. The van der Waals surface area contributed by atoms with Crippen LogP contribution < -0.4 is 0 Å². The summed E-state index contributed by atoms with van der Waals surface area (Å²) < 4.78 is 81.7. The minimum Gasteiger partial charge on any atom is -0.382 e. The van der Waals surface area contributed by atoms with Crippen molar-refractivity contribution in [3.8, 4) is 5.69 Å². The molecule has 0 bridgehead atoms. The maximum absolute atomic E-state index is 13.7. The summed E-state index contributed by atoms with van der Waals surface area (Å²) >= 11 is 0. The zero-order valence-electron chi connectivity index (χ0n) is 12.5. The molecule has 0 aliphatic heterocycles. The van der Waals surface area contributed by atoms with E-state index in [2.05, 4.69) is 0 Å². The first-order valence-electron chi connectivity index (χ1n) is 7.15. The molecule has 0 spiro atoms. The topological polar surface area (TPSA) is 25.2 Å². The maximum atomic E-state index is 13.7. The third-order valence-electron chi connectivity index (χ3n) is 4.13. The third-order valence-corrected chi connectivity index (χ3v) is 4.13. The molecule has 0 fully saturated rings. The van der Waals surface area contributed by atoms with Crippen molar-refractivity contribution in [3.63, 3.8) is 0 Å². The highest BCUT2D eigenvalue weighted by molar-refractivity contribution is 5.47. The smallest absolute Gasteiger partial charge is 0.382 e. The lowest BCUT2D eigenvalue weighted by Gasteiger charge is -2.29. The molecule has 2 aromatic rings.